The number of piperidine rings is 1. The van der Waals surface area contributed by atoms with Crippen molar-refractivity contribution in [2.24, 2.45) is 0 Å². The summed E-state index contributed by atoms with van der Waals surface area (Å²) in [5, 5.41) is 6.26. The molecule has 0 aliphatic carbocycles. The first-order valence-corrected chi connectivity index (χ1v) is 11.0. The van der Waals surface area contributed by atoms with Gasteiger partial charge in [0.05, 0.1) is 21.7 Å². The van der Waals surface area contributed by atoms with Crippen molar-refractivity contribution in [3.05, 3.63) is 76.3 Å². The van der Waals surface area contributed by atoms with Crippen molar-refractivity contribution in [3.63, 3.8) is 0 Å². The van der Waals surface area contributed by atoms with Crippen molar-refractivity contribution < 1.29 is 23.2 Å². The van der Waals surface area contributed by atoms with Crippen LogP contribution in [0.2, 0.25) is 0 Å². The van der Waals surface area contributed by atoms with E-state index in [4.69, 9.17) is 4.42 Å². The lowest BCUT2D eigenvalue weighted by atomic mass is 10.0. The summed E-state index contributed by atoms with van der Waals surface area (Å²) in [6, 6.07) is 8.75. The molecule has 3 heterocycles. The molecule has 3 aromatic rings. The standard InChI is InChI=1S/C23H22FN3O4S/c1-14-11-19(26-21(28)15-3-2-4-17(24)12-15)32-20(14)22(29)25-18-5-8-27(9-6-18)23(30)16-7-10-31-13-16/h2-4,7,10-13,18H,5-6,8-9H2,1H3,(H,25,29)(H,26,28). The predicted molar refractivity (Wildman–Crippen MR) is 119 cm³/mol. The van der Waals surface area contributed by atoms with Gasteiger partial charge in [-0.25, -0.2) is 4.39 Å². The van der Waals surface area contributed by atoms with E-state index in [0.29, 0.717) is 41.4 Å². The molecular formula is C23H22FN3O4S. The monoisotopic (exact) mass is 455 g/mol. The van der Waals surface area contributed by atoms with Crippen LogP contribution < -0.4 is 10.6 Å². The Balaban J connectivity index is 1.33. The van der Waals surface area contributed by atoms with Gasteiger partial charge < -0.3 is 20.0 Å². The molecule has 1 fully saturated rings. The van der Waals surface area contributed by atoms with Crippen LogP contribution in [0.1, 0.15) is 48.8 Å². The molecule has 1 aliphatic heterocycles. The second-order valence-electron chi connectivity index (χ2n) is 7.64. The topological polar surface area (TPSA) is 91.7 Å². The number of furan rings is 1. The van der Waals surface area contributed by atoms with Gasteiger partial charge in [0.2, 0.25) is 0 Å². The molecule has 2 N–H and O–H groups in total. The summed E-state index contributed by atoms with van der Waals surface area (Å²) < 4.78 is 18.3. The Kier molecular flexibility index (Phi) is 6.36. The highest BCUT2D eigenvalue weighted by molar-refractivity contribution is 7.18. The number of amides is 3. The molecule has 0 atom stereocenters. The minimum Gasteiger partial charge on any atom is -0.472 e. The lowest BCUT2D eigenvalue weighted by molar-refractivity contribution is 0.0697. The van der Waals surface area contributed by atoms with Gasteiger partial charge in [0.15, 0.2) is 0 Å². The normalized spacial score (nSPS) is 14.2. The largest absolute Gasteiger partial charge is 0.472 e. The molecule has 2 aromatic heterocycles. The van der Waals surface area contributed by atoms with Crippen molar-refractivity contribution in [2.75, 3.05) is 18.4 Å². The number of hydrogen-bond acceptors (Lipinski definition) is 5. The van der Waals surface area contributed by atoms with Crippen LogP contribution in [0.4, 0.5) is 9.39 Å². The zero-order valence-corrected chi connectivity index (χ0v) is 18.2. The Morgan fingerprint density at radius 1 is 1.09 bits per heavy atom. The number of thiophene rings is 1. The first-order chi connectivity index (χ1) is 15.4. The molecule has 0 saturated carbocycles. The molecule has 9 heteroatoms. The number of carbonyl (C=O) groups is 3. The quantitative estimate of drug-likeness (QED) is 0.607. The summed E-state index contributed by atoms with van der Waals surface area (Å²) in [4.78, 5) is 39.8. The van der Waals surface area contributed by atoms with Gasteiger partial charge in [0, 0.05) is 24.7 Å². The molecular weight excluding hydrogens is 433 g/mol. The zero-order chi connectivity index (χ0) is 22.7. The third-order valence-corrected chi connectivity index (χ3v) is 6.48. The number of nitrogens with one attached hydrogen (secondary N) is 2. The number of halogens is 1. The maximum atomic E-state index is 13.3. The lowest BCUT2D eigenvalue weighted by Gasteiger charge is -2.32. The number of hydrogen-bond donors (Lipinski definition) is 2. The van der Waals surface area contributed by atoms with E-state index < -0.39 is 11.7 Å². The van der Waals surface area contributed by atoms with Crippen molar-refractivity contribution in [1.82, 2.24) is 10.2 Å². The van der Waals surface area contributed by atoms with Gasteiger partial charge in [-0.3, -0.25) is 14.4 Å². The molecule has 1 aromatic carbocycles. The van der Waals surface area contributed by atoms with E-state index in [1.807, 2.05) is 0 Å². The second kappa shape index (κ2) is 9.35. The SMILES string of the molecule is Cc1cc(NC(=O)c2cccc(F)c2)sc1C(=O)NC1CCN(C(=O)c2ccoc2)CC1. The van der Waals surface area contributed by atoms with Gasteiger partial charge in [-0.15, -0.1) is 11.3 Å². The number of likely N-dealkylation sites (tertiary alicyclic amines) is 1. The van der Waals surface area contributed by atoms with Gasteiger partial charge in [-0.1, -0.05) is 6.07 Å². The van der Waals surface area contributed by atoms with Gasteiger partial charge in [0.25, 0.3) is 17.7 Å². The lowest BCUT2D eigenvalue weighted by Crippen LogP contribution is -2.46. The van der Waals surface area contributed by atoms with Gasteiger partial charge in [-0.05, 0) is 55.7 Å². The first-order valence-electron chi connectivity index (χ1n) is 10.2. The average Bonchev–Trinajstić information content (AvgIpc) is 3.44. The maximum Gasteiger partial charge on any atom is 0.261 e. The Morgan fingerprint density at radius 2 is 1.88 bits per heavy atom. The summed E-state index contributed by atoms with van der Waals surface area (Å²) >= 11 is 1.17. The molecule has 0 bridgehead atoms. The van der Waals surface area contributed by atoms with E-state index >= 15 is 0 Å². The Hall–Kier alpha value is -3.46. The fourth-order valence-corrected chi connectivity index (χ4v) is 4.60. The number of carbonyl (C=O) groups excluding carboxylic acids is 3. The number of rotatable bonds is 5. The molecule has 166 valence electrons. The summed E-state index contributed by atoms with van der Waals surface area (Å²) in [5.41, 5.74) is 1.47. The highest BCUT2D eigenvalue weighted by Crippen LogP contribution is 2.27. The van der Waals surface area contributed by atoms with E-state index in [1.165, 1.54) is 42.1 Å². The summed E-state index contributed by atoms with van der Waals surface area (Å²) in [6.07, 6.45) is 4.21. The third kappa shape index (κ3) is 4.88. The average molecular weight is 456 g/mol. The second-order valence-corrected chi connectivity index (χ2v) is 8.69. The van der Waals surface area contributed by atoms with Crippen molar-refractivity contribution in [2.45, 2.75) is 25.8 Å². The molecule has 0 spiro atoms. The van der Waals surface area contributed by atoms with E-state index in [1.54, 1.807) is 24.0 Å². The molecule has 1 aliphatic rings. The number of benzene rings is 1. The molecule has 4 rings (SSSR count). The van der Waals surface area contributed by atoms with E-state index in [9.17, 15) is 18.8 Å². The van der Waals surface area contributed by atoms with Crippen LogP contribution in [-0.4, -0.2) is 41.8 Å². The van der Waals surface area contributed by atoms with Crippen LogP contribution in [0, 0.1) is 12.7 Å². The highest BCUT2D eigenvalue weighted by atomic mass is 32.1. The molecule has 3 amide bonds. The Morgan fingerprint density at radius 3 is 2.56 bits per heavy atom. The number of anilines is 1. The van der Waals surface area contributed by atoms with Gasteiger partial charge in [0.1, 0.15) is 12.1 Å². The molecule has 0 unspecified atom stereocenters. The number of aryl methyl sites for hydroxylation is 1. The van der Waals surface area contributed by atoms with Crippen LogP contribution in [0.3, 0.4) is 0 Å². The van der Waals surface area contributed by atoms with Crippen LogP contribution in [0.25, 0.3) is 0 Å². The summed E-state index contributed by atoms with van der Waals surface area (Å²) in [5.74, 6) is -1.21. The maximum absolute atomic E-state index is 13.3. The predicted octanol–water partition coefficient (Wildman–Crippen LogP) is 4.08. The smallest absolute Gasteiger partial charge is 0.261 e. The van der Waals surface area contributed by atoms with Crippen molar-refractivity contribution >= 4 is 34.1 Å². The minimum absolute atomic E-state index is 0.0391. The Labute approximate surface area is 188 Å². The van der Waals surface area contributed by atoms with Crippen LogP contribution in [-0.2, 0) is 0 Å². The Bertz CT molecular complexity index is 1130. The van der Waals surface area contributed by atoms with Crippen LogP contribution >= 0.6 is 11.3 Å². The van der Waals surface area contributed by atoms with E-state index in [2.05, 4.69) is 10.6 Å². The van der Waals surface area contributed by atoms with Crippen molar-refractivity contribution in [1.29, 1.82) is 0 Å². The first kappa shape index (κ1) is 21.8. The zero-order valence-electron chi connectivity index (χ0n) is 17.4. The summed E-state index contributed by atoms with van der Waals surface area (Å²) in [7, 11) is 0. The molecule has 32 heavy (non-hydrogen) atoms. The third-order valence-electron chi connectivity index (χ3n) is 5.33. The molecule has 0 radical (unpaired) electrons. The number of nitrogens with zero attached hydrogens (tertiary/aromatic N) is 1. The fraction of sp³-hybridized carbons (Fsp3) is 0.261. The highest BCUT2D eigenvalue weighted by Gasteiger charge is 2.26. The van der Waals surface area contributed by atoms with Crippen LogP contribution in [0.15, 0.2) is 53.3 Å². The van der Waals surface area contributed by atoms with Gasteiger partial charge >= 0.3 is 0 Å². The van der Waals surface area contributed by atoms with Crippen LogP contribution in [0.5, 0.6) is 0 Å². The van der Waals surface area contributed by atoms with Crippen molar-refractivity contribution in [3.8, 4) is 0 Å². The van der Waals surface area contributed by atoms with E-state index in [0.717, 1.165) is 11.6 Å². The summed E-state index contributed by atoms with van der Waals surface area (Å²) in [6.45, 7) is 2.90. The molecule has 7 nitrogen and oxygen atoms in total. The fourth-order valence-electron chi connectivity index (χ4n) is 3.63. The molecule has 1 saturated heterocycles. The van der Waals surface area contributed by atoms with E-state index in [-0.39, 0.29) is 23.4 Å². The minimum atomic E-state index is -0.488. The van der Waals surface area contributed by atoms with Gasteiger partial charge in [-0.2, -0.15) is 0 Å².